The Morgan fingerprint density at radius 2 is 1.94 bits per heavy atom. The van der Waals surface area contributed by atoms with E-state index in [1.807, 2.05) is 0 Å². The van der Waals surface area contributed by atoms with Crippen LogP contribution in [0.2, 0.25) is 0 Å². The third-order valence-corrected chi connectivity index (χ3v) is 3.25. The highest BCUT2D eigenvalue weighted by molar-refractivity contribution is 6.09. The fourth-order valence-electron chi connectivity index (χ4n) is 1.91. The van der Waals surface area contributed by atoms with Crippen molar-refractivity contribution in [3.8, 4) is 0 Å². The van der Waals surface area contributed by atoms with Crippen LogP contribution >= 0.6 is 0 Å². The fourth-order valence-corrected chi connectivity index (χ4v) is 1.91. The molecule has 0 bridgehead atoms. The van der Waals surface area contributed by atoms with Crippen LogP contribution in [0.1, 0.15) is 19.3 Å². The number of hydrogen-bond donors (Lipinski definition) is 2. The average molecular weight is 255 g/mol. The molecule has 1 fully saturated rings. The van der Waals surface area contributed by atoms with Crippen LogP contribution in [0.5, 0.6) is 0 Å². The number of carbonyl (C=O) groups is 2. The van der Waals surface area contributed by atoms with Crippen molar-refractivity contribution in [3.63, 3.8) is 0 Å². The molecule has 6 heteroatoms. The molecule has 1 aliphatic carbocycles. The van der Waals surface area contributed by atoms with Crippen molar-refractivity contribution in [2.24, 2.45) is 5.41 Å². The Bertz CT molecular complexity index is 512. The summed E-state index contributed by atoms with van der Waals surface area (Å²) in [6.07, 6.45) is 1.06. The molecule has 1 amide bonds. The zero-order valence-corrected chi connectivity index (χ0v) is 9.37. The lowest BCUT2D eigenvalue weighted by Crippen LogP contribution is -2.48. The van der Waals surface area contributed by atoms with Crippen LogP contribution in [0.3, 0.4) is 0 Å². The van der Waals surface area contributed by atoms with Crippen LogP contribution in [0.25, 0.3) is 0 Å². The number of carboxylic acid groups (broad SMARTS) is 1. The first-order chi connectivity index (χ1) is 8.47. The van der Waals surface area contributed by atoms with Crippen LogP contribution in [0.4, 0.5) is 14.5 Å². The molecule has 2 rings (SSSR count). The quantitative estimate of drug-likeness (QED) is 0.813. The number of rotatable bonds is 3. The lowest BCUT2D eigenvalue weighted by molar-refractivity contribution is -0.159. The second kappa shape index (κ2) is 4.36. The van der Waals surface area contributed by atoms with Crippen molar-refractivity contribution in [2.45, 2.75) is 19.3 Å². The van der Waals surface area contributed by atoms with Gasteiger partial charge in [-0.05, 0) is 25.0 Å². The summed E-state index contributed by atoms with van der Waals surface area (Å²) in [6, 6.07) is 3.34. The van der Waals surface area contributed by atoms with E-state index in [0.29, 0.717) is 6.42 Å². The predicted octanol–water partition coefficient (Wildman–Crippen LogP) is 2.16. The zero-order chi connectivity index (χ0) is 13.3. The Kier molecular flexibility index (Phi) is 3.02. The second-order valence-electron chi connectivity index (χ2n) is 4.30. The SMILES string of the molecule is O=C(O)C1(C(=O)Nc2cccc(F)c2F)CCC1. The first kappa shape index (κ1) is 12.5. The highest BCUT2D eigenvalue weighted by Crippen LogP contribution is 2.42. The molecular weight excluding hydrogens is 244 g/mol. The summed E-state index contributed by atoms with van der Waals surface area (Å²) < 4.78 is 26.3. The molecule has 0 unspecified atom stereocenters. The molecule has 0 aliphatic heterocycles. The van der Waals surface area contributed by atoms with Crippen molar-refractivity contribution in [1.82, 2.24) is 0 Å². The van der Waals surface area contributed by atoms with E-state index in [0.717, 1.165) is 6.07 Å². The molecule has 18 heavy (non-hydrogen) atoms. The van der Waals surface area contributed by atoms with Crippen molar-refractivity contribution in [2.75, 3.05) is 5.32 Å². The minimum Gasteiger partial charge on any atom is -0.480 e. The molecule has 1 aliphatic rings. The lowest BCUT2D eigenvalue weighted by atomic mass is 9.68. The Labute approximate surface area is 102 Å². The summed E-state index contributed by atoms with van der Waals surface area (Å²) in [5.41, 5.74) is -1.84. The topological polar surface area (TPSA) is 66.4 Å². The maximum Gasteiger partial charge on any atom is 0.319 e. The Morgan fingerprint density at radius 1 is 1.28 bits per heavy atom. The van der Waals surface area contributed by atoms with Gasteiger partial charge in [0.2, 0.25) is 5.91 Å². The Balaban J connectivity index is 2.21. The summed E-state index contributed by atoms with van der Waals surface area (Å²) in [5, 5.41) is 11.2. The normalized spacial score (nSPS) is 16.8. The van der Waals surface area contributed by atoms with Crippen LogP contribution in [-0.4, -0.2) is 17.0 Å². The van der Waals surface area contributed by atoms with Gasteiger partial charge in [0.25, 0.3) is 0 Å². The van der Waals surface area contributed by atoms with E-state index in [4.69, 9.17) is 5.11 Å². The van der Waals surface area contributed by atoms with E-state index in [-0.39, 0.29) is 18.5 Å². The number of hydrogen-bond acceptors (Lipinski definition) is 2. The third-order valence-electron chi connectivity index (χ3n) is 3.25. The number of nitrogens with one attached hydrogen (secondary N) is 1. The van der Waals surface area contributed by atoms with Gasteiger partial charge in [0.1, 0.15) is 5.41 Å². The van der Waals surface area contributed by atoms with Crippen LogP contribution in [0.15, 0.2) is 18.2 Å². The molecule has 0 heterocycles. The highest BCUT2D eigenvalue weighted by atomic mass is 19.2. The zero-order valence-electron chi connectivity index (χ0n) is 9.37. The molecule has 1 saturated carbocycles. The number of aliphatic carboxylic acids is 1. The number of amides is 1. The molecule has 4 nitrogen and oxygen atoms in total. The summed E-state index contributed by atoms with van der Waals surface area (Å²) in [6.45, 7) is 0. The van der Waals surface area contributed by atoms with Gasteiger partial charge in [0.05, 0.1) is 5.69 Å². The smallest absolute Gasteiger partial charge is 0.319 e. The van der Waals surface area contributed by atoms with E-state index in [9.17, 15) is 18.4 Å². The van der Waals surface area contributed by atoms with Gasteiger partial charge in [-0.3, -0.25) is 9.59 Å². The fraction of sp³-hybridized carbons (Fsp3) is 0.333. The molecule has 0 aromatic heterocycles. The lowest BCUT2D eigenvalue weighted by Gasteiger charge is -2.35. The highest BCUT2D eigenvalue weighted by Gasteiger charge is 2.51. The van der Waals surface area contributed by atoms with Gasteiger partial charge >= 0.3 is 5.97 Å². The Morgan fingerprint density at radius 3 is 2.44 bits per heavy atom. The maximum atomic E-state index is 13.3. The van der Waals surface area contributed by atoms with E-state index >= 15 is 0 Å². The van der Waals surface area contributed by atoms with Gasteiger partial charge in [0.15, 0.2) is 11.6 Å². The molecule has 0 saturated heterocycles. The monoisotopic (exact) mass is 255 g/mol. The summed E-state index contributed by atoms with van der Waals surface area (Å²) in [5.74, 6) is -4.31. The van der Waals surface area contributed by atoms with E-state index in [2.05, 4.69) is 5.32 Å². The summed E-state index contributed by atoms with van der Waals surface area (Å²) >= 11 is 0. The third kappa shape index (κ3) is 1.83. The minimum atomic E-state index is -1.50. The van der Waals surface area contributed by atoms with Crippen molar-refractivity contribution in [1.29, 1.82) is 0 Å². The molecular formula is C12H11F2NO3. The number of benzene rings is 1. The van der Waals surface area contributed by atoms with Gasteiger partial charge in [-0.15, -0.1) is 0 Å². The largest absolute Gasteiger partial charge is 0.480 e. The van der Waals surface area contributed by atoms with Crippen LogP contribution in [-0.2, 0) is 9.59 Å². The van der Waals surface area contributed by atoms with Crippen molar-refractivity contribution >= 4 is 17.6 Å². The standard InChI is InChI=1S/C12H11F2NO3/c13-7-3-1-4-8(9(7)14)15-10(16)12(11(17)18)5-2-6-12/h1,3-4H,2,5-6H2,(H,15,16)(H,17,18). The molecule has 1 aromatic rings. The average Bonchev–Trinajstić information content (AvgIpc) is 2.22. The van der Waals surface area contributed by atoms with Crippen LogP contribution < -0.4 is 5.32 Å². The Hall–Kier alpha value is -1.98. The number of halogens is 2. The number of anilines is 1. The van der Waals surface area contributed by atoms with E-state index in [1.165, 1.54) is 12.1 Å². The minimum absolute atomic E-state index is 0.213. The molecule has 1 aromatic carbocycles. The maximum absolute atomic E-state index is 13.3. The van der Waals surface area contributed by atoms with Crippen molar-refractivity contribution in [3.05, 3.63) is 29.8 Å². The van der Waals surface area contributed by atoms with Gasteiger partial charge in [0, 0.05) is 0 Å². The second-order valence-corrected chi connectivity index (χ2v) is 4.30. The summed E-state index contributed by atoms with van der Waals surface area (Å²) in [7, 11) is 0. The molecule has 2 N–H and O–H groups in total. The molecule has 0 atom stereocenters. The predicted molar refractivity (Wildman–Crippen MR) is 58.9 cm³/mol. The van der Waals surface area contributed by atoms with Gasteiger partial charge in [-0.25, -0.2) is 8.78 Å². The van der Waals surface area contributed by atoms with Gasteiger partial charge in [-0.2, -0.15) is 0 Å². The molecule has 96 valence electrons. The van der Waals surface area contributed by atoms with Crippen molar-refractivity contribution < 1.29 is 23.5 Å². The van der Waals surface area contributed by atoms with E-state index in [1.54, 1.807) is 0 Å². The number of carboxylic acids is 1. The first-order valence-corrected chi connectivity index (χ1v) is 5.46. The van der Waals surface area contributed by atoms with Gasteiger partial charge < -0.3 is 10.4 Å². The molecule has 0 radical (unpaired) electrons. The summed E-state index contributed by atoms with van der Waals surface area (Å²) in [4.78, 5) is 22.9. The number of carbonyl (C=O) groups excluding carboxylic acids is 1. The first-order valence-electron chi connectivity index (χ1n) is 5.46. The molecule has 0 spiro atoms. The van der Waals surface area contributed by atoms with Gasteiger partial charge in [-0.1, -0.05) is 12.5 Å². The van der Waals surface area contributed by atoms with Crippen LogP contribution in [0, 0.1) is 17.0 Å². The van der Waals surface area contributed by atoms with E-state index < -0.39 is 28.9 Å².